The Morgan fingerprint density at radius 3 is 2.61 bits per heavy atom. The lowest BCUT2D eigenvalue weighted by Crippen LogP contribution is -2.52. The number of benzene rings is 1. The molecule has 1 saturated carbocycles. The minimum absolute atomic E-state index is 0.0524. The van der Waals surface area contributed by atoms with E-state index in [0.717, 1.165) is 68.3 Å². The van der Waals surface area contributed by atoms with E-state index in [-0.39, 0.29) is 11.4 Å². The lowest BCUT2D eigenvalue weighted by molar-refractivity contribution is 0.0955. The maximum absolute atomic E-state index is 12.7. The molecular formula is C30H43N7O. The highest BCUT2D eigenvalue weighted by atomic mass is 16.1. The first-order valence-corrected chi connectivity index (χ1v) is 13.9. The molecule has 0 aliphatic heterocycles. The van der Waals surface area contributed by atoms with E-state index in [9.17, 15) is 4.79 Å². The topological polar surface area (TPSA) is 122 Å². The average Bonchev–Trinajstić information content (AvgIpc) is 3.38. The van der Waals surface area contributed by atoms with Crippen LogP contribution in [0, 0.1) is 0 Å². The van der Waals surface area contributed by atoms with Gasteiger partial charge in [0.05, 0.1) is 5.41 Å². The van der Waals surface area contributed by atoms with Gasteiger partial charge in [-0.1, -0.05) is 40.7 Å². The standard InChI is InChI=1S/C30H43N7O/c1-6-32-21(4)17-20(3)9-10-23-11-12-24-18-25(27(38)33-7-2)13-14-26(24)30(22(23)5,28-34-36-37-35-28)19-29(31)15-8-16-29/h9,13-14,18,32H,4,6-8,10-12,15-17,19,31H2,1-3,5H3,(H,33,38)(H,34,35,36,37)/b20-9+. The average molecular weight is 518 g/mol. The van der Waals surface area contributed by atoms with Crippen LogP contribution in [0.4, 0.5) is 0 Å². The van der Waals surface area contributed by atoms with Crippen molar-refractivity contribution >= 4 is 5.91 Å². The Bertz CT molecular complexity index is 1220. The second-order valence-corrected chi connectivity index (χ2v) is 11.1. The largest absolute Gasteiger partial charge is 0.389 e. The van der Waals surface area contributed by atoms with Crippen LogP contribution in [0.3, 0.4) is 0 Å². The van der Waals surface area contributed by atoms with Crippen LogP contribution < -0.4 is 16.4 Å². The smallest absolute Gasteiger partial charge is 0.251 e. The molecule has 1 fully saturated rings. The maximum atomic E-state index is 12.7. The molecule has 1 amide bonds. The monoisotopic (exact) mass is 517 g/mol. The van der Waals surface area contributed by atoms with Gasteiger partial charge in [-0.2, -0.15) is 5.21 Å². The molecule has 2 aliphatic carbocycles. The second kappa shape index (κ2) is 11.6. The molecule has 4 rings (SSSR count). The zero-order valence-electron chi connectivity index (χ0n) is 23.4. The number of nitrogens with zero attached hydrogens (tertiary/aromatic N) is 3. The van der Waals surface area contributed by atoms with Crippen molar-refractivity contribution in [3.8, 4) is 0 Å². The normalized spacial score (nSPS) is 20.8. The van der Waals surface area contributed by atoms with Crippen LogP contribution in [0.5, 0.6) is 0 Å². The fraction of sp³-hybridized carbons (Fsp3) is 0.533. The van der Waals surface area contributed by atoms with Gasteiger partial charge in [0.2, 0.25) is 0 Å². The summed E-state index contributed by atoms with van der Waals surface area (Å²) in [6.45, 7) is 14.0. The zero-order valence-corrected chi connectivity index (χ0v) is 23.4. The van der Waals surface area contributed by atoms with Crippen molar-refractivity contribution in [1.29, 1.82) is 0 Å². The Hall–Kier alpha value is -3.26. The number of aryl methyl sites for hydroxylation is 1. The van der Waals surface area contributed by atoms with E-state index < -0.39 is 5.41 Å². The molecule has 38 heavy (non-hydrogen) atoms. The summed E-state index contributed by atoms with van der Waals surface area (Å²) in [6, 6.07) is 6.08. The van der Waals surface area contributed by atoms with Crippen molar-refractivity contribution in [2.24, 2.45) is 5.73 Å². The summed E-state index contributed by atoms with van der Waals surface area (Å²) in [4.78, 5) is 12.7. The van der Waals surface area contributed by atoms with Gasteiger partial charge in [-0.3, -0.25) is 4.79 Å². The Balaban J connectivity index is 1.83. The molecule has 2 aliphatic rings. The summed E-state index contributed by atoms with van der Waals surface area (Å²) in [5.74, 6) is 0.600. The molecule has 5 N–H and O–H groups in total. The molecule has 2 aromatic rings. The second-order valence-electron chi connectivity index (χ2n) is 11.1. The van der Waals surface area contributed by atoms with Gasteiger partial charge in [0.15, 0.2) is 5.82 Å². The minimum Gasteiger partial charge on any atom is -0.389 e. The van der Waals surface area contributed by atoms with E-state index in [2.05, 4.69) is 76.8 Å². The van der Waals surface area contributed by atoms with Gasteiger partial charge in [-0.05, 0) is 95.9 Å². The van der Waals surface area contributed by atoms with Gasteiger partial charge in [0.25, 0.3) is 5.91 Å². The molecule has 0 bridgehead atoms. The summed E-state index contributed by atoms with van der Waals surface area (Å²) < 4.78 is 0. The van der Waals surface area contributed by atoms with Crippen molar-refractivity contribution in [2.75, 3.05) is 13.1 Å². The first-order valence-electron chi connectivity index (χ1n) is 13.9. The van der Waals surface area contributed by atoms with Crippen LogP contribution in [-0.2, 0) is 11.8 Å². The van der Waals surface area contributed by atoms with Crippen molar-refractivity contribution < 1.29 is 4.79 Å². The van der Waals surface area contributed by atoms with Crippen molar-refractivity contribution in [2.45, 2.75) is 90.0 Å². The van der Waals surface area contributed by atoms with Crippen LogP contribution in [0.2, 0.25) is 0 Å². The molecule has 0 spiro atoms. The van der Waals surface area contributed by atoms with Gasteiger partial charge in [0, 0.05) is 36.3 Å². The van der Waals surface area contributed by atoms with E-state index >= 15 is 0 Å². The summed E-state index contributed by atoms with van der Waals surface area (Å²) in [7, 11) is 0. The molecular weight excluding hydrogens is 474 g/mol. The number of aromatic amines is 1. The van der Waals surface area contributed by atoms with Crippen LogP contribution in [0.15, 0.2) is 53.3 Å². The number of nitrogens with one attached hydrogen (secondary N) is 3. The summed E-state index contributed by atoms with van der Waals surface area (Å²) >= 11 is 0. The van der Waals surface area contributed by atoms with Crippen LogP contribution >= 0.6 is 0 Å². The third-order valence-corrected chi connectivity index (χ3v) is 8.34. The molecule has 8 heteroatoms. The fourth-order valence-electron chi connectivity index (χ4n) is 6.14. The molecule has 1 atom stereocenters. The lowest BCUT2D eigenvalue weighted by Gasteiger charge is -2.46. The number of carbonyl (C=O) groups is 1. The van der Waals surface area contributed by atoms with Crippen LogP contribution in [-0.4, -0.2) is 45.2 Å². The number of hydrogen-bond donors (Lipinski definition) is 4. The van der Waals surface area contributed by atoms with Crippen molar-refractivity contribution in [3.63, 3.8) is 0 Å². The number of tetrazole rings is 1. The van der Waals surface area contributed by atoms with Gasteiger partial charge >= 0.3 is 0 Å². The minimum atomic E-state index is -0.613. The highest BCUT2D eigenvalue weighted by Crippen LogP contribution is 2.51. The number of hydrogen-bond acceptors (Lipinski definition) is 6. The van der Waals surface area contributed by atoms with E-state index in [0.29, 0.717) is 24.4 Å². The molecule has 204 valence electrons. The number of allylic oxidation sites excluding steroid dienone is 4. The number of amides is 1. The Morgan fingerprint density at radius 2 is 1.97 bits per heavy atom. The lowest BCUT2D eigenvalue weighted by atomic mass is 9.60. The summed E-state index contributed by atoms with van der Waals surface area (Å²) in [6.07, 6.45) is 9.53. The SMILES string of the molecule is C=C(C/C(C)=C/CC1=C(C)C(CC2(N)CCC2)(c2nn[nH]n2)c2ccc(C(=O)NCC)cc2CC1)NCC. The van der Waals surface area contributed by atoms with E-state index in [4.69, 9.17) is 5.73 Å². The predicted molar refractivity (Wildman–Crippen MR) is 152 cm³/mol. The maximum Gasteiger partial charge on any atom is 0.251 e. The van der Waals surface area contributed by atoms with Gasteiger partial charge in [0.1, 0.15) is 0 Å². The predicted octanol–water partition coefficient (Wildman–Crippen LogP) is 4.62. The quantitative estimate of drug-likeness (QED) is 0.323. The van der Waals surface area contributed by atoms with Gasteiger partial charge in [-0.15, -0.1) is 10.2 Å². The molecule has 1 heterocycles. The Labute approximate surface area is 226 Å². The number of H-pyrrole nitrogens is 1. The number of carbonyl (C=O) groups excluding carboxylic acids is 1. The molecule has 1 aromatic heterocycles. The Kier molecular flexibility index (Phi) is 8.51. The molecule has 8 nitrogen and oxygen atoms in total. The van der Waals surface area contributed by atoms with Gasteiger partial charge < -0.3 is 16.4 Å². The van der Waals surface area contributed by atoms with Crippen molar-refractivity contribution in [3.05, 3.63) is 75.8 Å². The fourth-order valence-corrected chi connectivity index (χ4v) is 6.14. The highest BCUT2D eigenvalue weighted by molar-refractivity contribution is 5.94. The van der Waals surface area contributed by atoms with E-state index in [1.165, 1.54) is 16.7 Å². The zero-order chi connectivity index (χ0) is 27.3. The van der Waals surface area contributed by atoms with Gasteiger partial charge in [-0.25, -0.2) is 0 Å². The summed E-state index contributed by atoms with van der Waals surface area (Å²) in [5, 5.41) is 22.1. The number of rotatable bonds is 11. The number of fused-ring (bicyclic) bond motifs is 1. The molecule has 0 radical (unpaired) electrons. The highest BCUT2D eigenvalue weighted by Gasteiger charge is 2.50. The first kappa shape index (κ1) is 27.8. The molecule has 1 unspecified atom stereocenters. The third-order valence-electron chi connectivity index (χ3n) is 8.34. The third kappa shape index (κ3) is 5.60. The number of aromatic nitrogens is 4. The van der Waals surface area contributed by atoms with Crippen molar-refractivity contribution in [1.82, 2.24) is 31.3 Å². The van der Waals surface area contributed by atoms with Crippen LogP contribution in [0.25, 0.3) is 0 Å². The summed E-state index contributed by atoms with van der Waals surface area (Å²) in [5.41, 5.74) is 14.0. The first-order chi connectivity index (χ1) is 18.2. The molecule has 0 saturated heterocycles. The van der Waals surface area contributed by atoms with E-state index in [1.54, 1.807) is 0 Å². The number of nitrogens with two attached hydrogens (primary N) is 1. The van der Waals surface area contributed by atoms with Crippen LogP contribution in [0.1, 0.15) is 99.9 Å². The van der Waals surface area contributed by atoms with E-state index in [1.807, 2.05) is 13.0 Å². The molecule has 1 aromatic carbocycles. The Morgan fingerprint density at radius 1 is 1.21 bits per heavy atom.